The summed E-state index contributed by atoms with van der Waals surface area (Å²) in [6.45, 7) is 8.51. The van der Waals surface area contributed by atoms with E-state index in [1.54, 1.807) is 6.33 Å². The maximum atomic E-state index is 4.44. The first-order valence-electron chi connectivity index (χ1n) is 7.91. The molecule has 21 heavy (non-hydrogen) atoms. The van der Waals surface area contributed by atoms with Crippen LogP contribution in [0.15, 0.2) is 36.7 Å². The van der Waals surface area contributed by atoms with Gasteiger partial charge in [-0.15, -0.1) is 0 Å². The van der Waals surface area contributed by atoms with Crippen molar-refractivity contribution in [2.24, 2.45) is 5.92 Å². The van der Waals surface area contributed by atoms with E-state index in [9.17, 15) is 0 Å². The summed E-state index contributed by atoms with van der Waals surface area (Å²) in [5.41, 5.74) is 1.34. The molecule has 4 nitrogen and oxygen atoms in total. The third-order valence-electron chi connectivity index (χ3n) is 3.79. The third kappa shape index (κ3) is 4.14. The fourth-order valence-corrected chi connectivity index (χ4v) is 2.78. The first-order chi connectivity index (χ1) is 10.3. The molecule has 0 aliphatic rings. The Kier molecular flexibility index (Phi) is 5.93. The maximum Gasteiger partial charge on any atom is 0.138 e. The number of aromatic nitrogens is 3. The van der Waals surface area contributed by atoms with Gasteiger partial charge in [0.1, 0.15) is 12.2 Å². The number of nitrogens with zero attached hydrogens (tertiary/aromatic N) is 3. The molecule has 1 aromatic carbocycles. The lowest BCUT2D eigenvalue weighted by Crippen LogP contribution is -2.28. The van der Waals surface area contributed by atoms with E-state index in [-0.39, 0.29) is 0 Å². The Morgan fingerprint density at radius 1 is 1.19 bits per heavy atom. The van der Waals surface area contributed by atoms with Crippen molar-refractivity contribution in [3.05, 3.63) is 48.0 Å². The van der Waals surface area contributed by atoms with Gasteiger partial charge in [-0.05, 0) is 24.4 Å². The predicted molar refractivity (Wildman–Crippen MR) is 86.0 cm³/mol. The molecule has 0 aliphatic heterocycles. The van der Waals surface area contributed by atoms with Gasteiger partial charge in [0.15, 0.2) is 0 Å². The molecule has 0 fully saturated rings. The Hall–Kier alpha value is -1.68. The predicted octanol–water partition coefficient (Wildman–Crippen LogP) is 3.22. The second-order valence-electron chi connectivity index (χ2n) is 5.53. The molecule has 114 valence electrons. The zero-order valence-electron chi connectivity index (χ0n) is 13.3. The summed E-state index contributed by atoms with van der Waals surface area (Å²) in [6, 6.07) is 11.0. The van der Waals surface area contributed by atoms with Gasteiger partial charge in [-0.2, -0.15) is 5.10 Å². The Morgan fingerprint density at radius 2 is 1.95 bits per heavy atom. The van der Waals surface area contributed by atoms with E-state index in [2.05, 4.69) is 66.5 Å². The standard InChI is InChI=1S/C17H26N4/c1-4-11-21-16(19-13-20-21)12-14(3)17(18-5-2)15-9-7-6-8-10-15/h6-10,13-14,17-18H,4-5,11-12H2,1-3H3. The van der Waals surface area contributed by atoms with Crippen molar-refractivity contribution in [1.29, 1.82) is 0 Å². The molecule has 0 saturated carbocycles. The summed E-state index contributed by atoms with van der Waals surface area (Å²) < 4.78 is 2.03. The molecule has 0 bridgehead atoms. The fraction of sp³-hybridized carbons (Fsp3) is 0.529. The van der Waals surface area contributed by atoms with E-state index in [4.69, 9.17) is 0 Å². The fourth-order valence-electron chi connectivity index (χ4n) is 2.78. The maximum absolute atomic E-state index is 4.44. The van der Waals surface area contributed by atoms with Crippen molar-refractivity contribution in [3.63, 3.8) is 0 Å². The summed E-state index contributed by atoms with van der Waals surface area (Å²) in [5, 5.41) is 7.93. The average molecular weight is 286 g/mol. The highest BCUT2D eigenvalue weighted by Crippen LogP contribution is 2.24. The molecule has 1 heterocycles. The van der Waals surface area contributed by atoms with Gasteiger partial charge in [0, 0.05) is 19.0 Å². The van der Waals surface area contributed by atoms with E-state index in [0.29, 0.717) is 12.0 Å². The molecule has 0 amide bonds. The lowest BCUT2D eigenvalue weighted by molar-refractivity contribution is 0.377. The minimum atomic E-state index is 0.350. The van der Waals surface area contributed by atoms with Crippen LogP contribution >= 0.6 is 0 Å². The van der Waals surface area contributed by atoms with Crippen LogP contribution in [0.25, 0.3) is 0 Å². The van der Waals surface area contributed by atoms with Crippen LogP contribution in [-0.4, -0.2) is 21.3 Å². The summed E-state index contributed by atoms with van der Waals surface area (Å²) in [6.07, 6.45) is 3.69. The molecule has 2 rings (SSSR count). The topological polar surface area (TPSA) is 42.7 Å². The second-order valence-corrected chi connectivity index (χ2v) is 5.53. The lowest BCUT2D eigenvalue weighted by atomic mass is 9.91. The number of benzene rings is 1. The molecule has 4 heteroatoms. The van der Waals surface area contributed by atoms with Gasteiger partial charge in [-0.3, -0.25) is 4.68 Å². The van der Waals surface area contributed by atoms with Crippen molar-refractivity contribution < 1.29 is 0 Å². The van der Waals surface area contributed by atoms with E-state index in [0.717, 1.165) is 31.8 Å². The van der Waals surface area contributed by atoms with E-state index in [1.165, 1.54) is 5.56 Å². The van der Waals surface area contributed by atoms with Gasteiger partial charge < -0.3 is 5.32 Å². The van der Waals surface area contributed by atoms with E-state index >= 15 is 0 Å². The largest absolute Gasteiger partial charge is 0.310 e. The normalized spacial score (nSPS) is 14.0. The van der Waals surface area contributed by atoms with Crippen molar-refractivity contribution in [3.8, 4) is 0 Å². The number of hydrogen-bond donors (Lipinski definition) is 1. The summed E-state index contributed by atoms with van der Waals surface area (Å²) >= 11 is 0. The van der Waals surface area contributed by atoms with Gasteiger partial charge in [0.2, 0.25) is 0 Å². The third-order valence-corrected chi connectivity index (χ3v) is 3.79. The molecule has 0 spiro atoms. The highest BCUT2D eigenvalue weighted by molar-refractivity contribution is 5.20. The van der Waals surface area contributed by atoms with Crippen LogP contribution in [0.4, 0.5) is 0 Å². The van der Waals surface area contributed by atoms with Crippen molar-refractivity contribution in [2.45, 2.75) is 46.2 Å². The van der Waals surface area contributed by atoms with Crippen LogP contribution in [-0.2, 0) is 13.0 Å². The van der Waals surface area contributed by atoms with Crippen molar-refractivity contribution in [1.82, 2.24) is 20.1 Å². The number of hydrogen-bond acceptors (Lipinski definition) is 3. The lowest BCUT2D eigenvalue weighted by Gasteiger charge is -2.25. The molecule has 2 unspecified atom stereocenters. The highest BCUT2D eigenvalue weighted by atomic mass is 15.3. The number of rotatable bonds is 8. The van der Waals surface area contributed by atoms with Crippen LogP contribution in [0.5, 0.6) is 0 Å². The number of nitrogens with one attached hydrogen (secondary N) is 1. The molecule has 2 atom stereocenters. The average Bonchev–Trinajstić information content (AvgIpc) is 2.93. The smallest absolute Gasteiger partial charge is 0.138 e. The molecular formula is C17H26N4. The van der Waals surface area contributed by atoms with E-state index in [1.807, 2.05) is 4.68 Å². The second kappa shape index (κ2) is 7.93. The highest BCUT2D eigenvalue weighted by Gasteiger charge is 2.20. The summed E-state index contributed by atoms with van der Waals surface area (Å²) in [7, 11) is 0. The zero-order valence-corrected chi connectivity index (χ0v) is 13.3. The van der Waals surface area contributed by atoms with Crippen LogP contribution < -0.4 is 5.32 Å². The Bertz CT molecular complexity index is 521. The van der Waals surface area contributed by atoms with Crippen LogP contribution in [0.3, 0.4) is 0 Å². The summed E-state index contributed by atoms with van der Waals surface area (Å²) in [4.78, 5) is 4.44. The molecule has 0 radical (unpaired) electrons. The minimum absolute atomic E-state index is 0.350. The van der Waals surface area contributed by atoms with Gasteiger partial charge >= 0.3 is 0 Å². The van der Waals surface area contributed by atoms with Crippen LogP contribution in [0, 0.1) is 5.92 Å². The SMILES string of the molecule is CCCn1ncnc1CC(C)C(NCC)c1ccccc1. The Labute approximate surface area is 127 Å². The summed E-state index contributed by atoms with van der Waals surface area (Å²) in [5.74, 6) is 1.55. The molecule has 0 aliphatic carbocycles. The van der Waals surface area contributed by atoms with E-state index < -0.39 is 0 Å². The van der Waals surface area contributed by atoms with Crippen molar-refractivity contribution >= 4 is 0 Å². The molecule has 1 aromatic heterocycles. The van der Waals surface area contributed by atoms with Gasteiger partial charge in [-0.1, -0.05) is 51.1 Å². The Balaban J connectivity index is 2.11. The van der Waals surface area contributed by atoms with Crippen LogP contribution in [0.1, 0.15) is 44.6 Å². The van der Waals surface area contributed by atoms with Gasteiger partial charge in [0.25, 0.3) is 0 Å². The minimum Gasteiger partial charge on any atom is -0.310 e. The molecular weight excluding hydrogens is 260 g/mol. The monoisotopic (exact) mass is 286 g/mol. The number of aryl methyl sites for hydroxylation is 1. The van der Waals surface area contributed by atoms with Gasteiger partial charge in [-0.25, -0.2) is 4.98 Å². The van der Waals surface area contributed by atoms with Crippen molar-refractivity contribution in [2.75, 3.05) is 6.54 Å². The molecule has 1 N–H and O–H groups in total. The molecule has 0 saturated heterocycles. The van der Waals surface area contributed by atoms with Crippen LogP contribution in [0.2, 0.25) is 0 Å². The molecule has 2 aromatic rings. The Morgan fingerprint density at radius 3 is 2.62 bits per heavy atom. The first-order valence-corrected chi connectivity index (χ1v) is 7.91. The zero-order chi connectivity index (χ0) is 15.1. The first kappa shape index (κ1) is 15.7. The van der Waals surface area contributed by atoms with Gasteiger partial charge in [0.05, 0.1) is 0 Å². The quantitative estimate of drug-likeness (QED) is 0.810.